The number of likely N-dealkylation sites (tertiary alicyclic amines) is 1. The smallest absolute Gasteiger partial charge is 0.273 e. The zero-order chi connectivity index (χ0) is 19.2. The zero-order valence-corrected chi connectivity index (χ0v) is 15.6. The van der Waals surface area contributed by atoms with Gasteiger partial charge in [0, 0.05) is 25.2 Å². The number of likely N-dealkylation sites (N-methyl/N-ethyl adjacent to an activating group) is 1. The normalized spacial score (nSPS) is 15.4. The van der Waals surface area contributed by atoms with E-state index in [0.29, 0.717) is 5.56 Å². The minimum atomic E-state index is -0.429. The van der Waals surface area contributed by atoms with Crippen LogP contribution in [0, 0.1) is 10.1 Å². The van der Waals surface area contributed by atoms with E-state index in [4.69, 9.17) is 0 Å². The molecule has 0 radical (unpaired) electrons. The fourth-order valence-corrected chi connectivity index (χ4v) is 3.64. The van der Waals surface area contributed by atoms with E-state index < -0.39 is 4.92 Å². The molecule has 0 bridgehead atoms. The second-order valence-corrected chi connectivity index (χ2v) is 7.00. The van der Waals surface area contributed by atoms with Crippen molar-refractivity contribution in [1.82, 2.24) is 9.80 Å². The lowest BCUT2D eigenvalue weighted by atomic mass is 10.0. The van der Waals surface area contributed by atoms with Crippen LogP contribution in [0.25, 0.3) is 0 Å². The first-order valence-corrected chi connectivity index (χ1v) is 9.31. The van der Waals surface area contributed by atoms with E-state index in [-0.39, 0.29) is 24.1 Å². The van der Waals surface area contributed by atoms with E-state index in [9.17, 15) is 14.9 Å². The molecule has 0 unspecified atom stereocenters. The molecular formula is C21H25N3O3. The van der Waals surface area contributed by atoms with Crippen molar-refractivity contribution in [3.63, 3.8) is 0 Å². The maximum Gasteiger partial charge on any atom is 0.273 e. The van der Waals surface area contributed by atoms with E-state index in [1.807, 2.05) is 30.3 Å². The van der Waals surface area contributed by atoms with Crippen LogP contribution in [0.2, 0.25) is 0 Å². The molecule has 27 heavy (non-hydrogen) atoms. The van der Waals surface area contributed by atoms with Crippen molar-refractivity contribution in [2.45, 2.75) is 25.3 Å². The number of carbonyl (C=O) groups is 1. The Morgan fingerprint density at radius 1 is 1.11 bits per heavy atom. The predicted molar refractivity (Wildman–Crippen MR) is 104 cm³/mol. The molecule has 1 amide bonds. The molecule has 142 valence electrons. The van der Waals surface area contributed by atoms with Crippen LogP contribution >= 0.6 is 0 Å². The lowest BCUT2D eigenvalue weighted by molar-refractivity contribution is -0.385. The van der Waals surface area contributed by atoms with Crippen molar-refractivity contribution in [3.05, 3.63) is 75.8 Å². The minimum Gasteiger partial charge on any atom is -0.337 e. The number of carbonyl (C=O) groups excluding carboxylic acids is 1. The Morgan fingerprint density at radius 2 is 1.74 bits per heavy atom. The van der Waals surface area contributed by atoms with Gasteiger partial charge in [-0.1, -0.05) is 48.5 Å². The summed E-state index contributed by atoms with van der Waals surface area (Å²) in [5.41, 5.74) is 1.53. The SMILES string of the molecule is CN(C(=O)Cc1ccccc1[N+](=O)[O-])[C@H](CN1CCCC1)c1ccccc1. The zero-order valence-electron chi connectivity index (χ0n) is 15.6. The number of nitro groups is 1. The van der Waals surface area contributed by atoms with Gasteiger partial charge >= 0.3 is 0 Å². The van der Waals surface area contributed by atoms with Gasteiger partial charge in [0.25, 0.3) is 5.69 Å². The maximum atomic E-state index is 13.0. The highest BCUT2D eigenvalue weighted by Crippen LogP contribution is 2.25. The van der Waals surface area contributed by atoms with Crippen molar-refractivity contribution in [2.24, 2.45) is 0 Å². The molecule has 2 aromatic rings. The highest BCUT2D eigenvalue weighted by molar-refractivity contribution is 5.80. The number of para-hydroxylation sites is 1. The van der Waals surface area contributed by atoms with Crippen LogP contribution in [0.5, 0.6) is 0 Å². The van der Waals surface area contributed by atoms with Gasteiger partial charge < -0.3 is 9.80 Å². The molecule has 3 rings (SSSR count). The summed E-state index contributed by atoms with van der Waals surface area (Å²) in [6.07, 6.45) is 2.40. The fourth-order valence-electron chi connectivity index (χ4n) is 3.64. The molecule has 0 aliphatic carbocycles. The van der Waals surface area contributed by atoms with E-state index in [2.05, 4.69) is 4.90 Å². The molecule has 1 fully saturated rings. The van der Waals surface area contributed by atoms with Crippen LogP contribution in [0.4, 0.5) is 5.69 Å². The van der Waals surface area contributed by atoms with E-state index >= 15 is 0 Å². The molecule has 1 aliphatic rings. The molecule has 6 heteroatoms. The summed E-state index contributed by atoms with van der Waals surface area (Å²) in [5.74, 6) is -0.114. The van der Waals surface area contributed by atoms with Gasteiger partial charge in [0.05, 0.1) is 17.4 Å². The Kier molecular flexibility index (Phi) is 6.19. The van der Waals surface area contributed by atoms with Crippen LogP contribution in [0.3, 0.4) is 0 Å². The van der Waals surface area contributed by atoms with Crippen LogP contribution in [0.1, 0.15) is 30.0 Å². The fraction of sp³-hybridized carbons (Fsp3) is 0.381. The number of hydrogen-bond acceptors (Lipinski definition) is 4. The summed E-state index contributed by atoms with van der Waals surface area (Å²) < 4.78 is 0. The first kappa shape index (κ1) is 19.0. The van der Waals surface area contributed by atoms with Crippen LogP contribution in [-0.4, -0.2) is 47.3 Å². The topological polar surface area (TPSA) is 66.7 Å². The van der Waals surface area contributed by atoms with Gasteiger partial charge in [-0.05, 0) is 31.5 Å². The van der Waals surface area contributed by atoms with Crippen LogP contribution in [-0.2, 0) is 11.2 Å². The second kappa shape index (κ2) is 8.77. The minimum absolute atomic E-state index is 0.00458. The van der Waals surface area contributed by atoms with Gasteiger partial charge in [0.15, 0.2) is 0 Å². The molecule has 0 spiro atoms. The van der Waals surface area contributed by atoms with Crippen molar-refractivity contribution >= 4 is 11.6 Å². The Hall–Kier alpha value is -2.73. The average molecular weight is 367 g/mol. The highest BCUT2D eigenvalue weighted by atomic mass is 16.6. The summed E-state index contributed by atoms with van der Waals surface area (Å²) in [7, 11) is 1.80. The Bertz CT molecular complexity index is 788. The molecule has 1 atom stereocenters. The third kappa shape index (κ3) is 4.71. The largest absolute Gasteiger partial charge is 0.337 e. The summed E-state index contributed by atoms with van der Waals surface area (Å²) in [4.78, 5) is 27.9. The molecule has 0 aromatic heterocycles. The third-order valence-corrected chi connectivity index (χ3v) is 5.21. The lowest BCUT2D eigenvalue weighted by Crippen LogP contribution is -2.39. The van der Waals surface area contributed by atoms with Gasteiger partial charge in [0.2, 0.25) is 5.91 Å². The second-order valence-electron chi connectivity index (χ2n) is 7.00. The molecule has 1 aliphatic heterocycles. The Morgan fingerprint density at radius 3 is 2.41 bits per heavy atom. The highest BCUT2D eigenvalue weighted by Gasteiger charge is 2.26. The molecule has 0 saturated carbocycles. The lowest BCUT2D eigenvalue weighted by Gasteiger charge is -2.32. The van der Waals surface area contributed by atoms with Gasteiger partial charge in [0.1, 0.15) is 0 Å². The van der Waals surface area contributed by atoms with Gasteiger partial charge in [-0.3, -0.25) is 14.9 Å². The molecular weight excluding hydrogens is 342 g/mol. The third-order valence-electron chi connectivity index (χ3n) is 5.21. The summed E-state index contributed by atoms with van der Waals surface area (Å²) in [6.45, 7) is 2.88. The molecule has 2 aromatic carbocycles. The molecule has 0 N–H and O–H groups in total. The first-order chi connectivity index (χ1) is 13.1. The Balaban J connectivity index is 1.79. The van der Waals surface area contributed by atoms with Crippen LogP contribution in [0.15, 0.2) is 54.6 Å². The quantitative estimate of drug-likeness (QED) is 0.555. The molecule has 1 saturated heterocycles. The Labute approximate surface area is 159 Å². The van der Waals surface area contributed by atoms with Crippen molar-refractivity contribution in [1.29, 1.82) is 0 Å². The van der Waals surface area contributed by atoms with Crippen molar-refractivity contribution in [3.8, 4) is 0 Å². The van der Waals surface area contributed by atoms with Gasteiger partial charge in [-0.15, -0.1) is 0 Å². The van der Waals surface area contributed by atoms with E-state index in [1.54, 1.807) is 30.1 Å². The average Bonchev–Trinajstić information content (AvgIpc) is 3.20. The number of hydrogen-bond donors (Lipinski definition) is 0. The van der Waals surface area contributed by atoms with Crippen molar-refractivity contribution in [2.75, 3.05) is 26.7 Å². The van der Waals surface area contributed by atoms with Gasteiger partial charge in [-0.25, -0.2) is 0 Å². The van der Waals surface area contributed by atoms with Crippen molar-refractivity contribution < 1.29 is 9.72 Å². The monoisotopic (exact) mass is 367 g/mol. The summed E-state index contributed by atoms with van der Waals surface area (Å²) in [5, 5.41) is 11.2. The molecule has 1 heterocycles. The van der Waals surface area contributed by atoms with Gasteiger partial charge in [-0.2, -0.15) is 0 Å². The summed E-state index contributed by atoms with van der Waals surface area (Å²) >= 11 is 0. The number of benzene rings is 2. The number of rotatable bonds is 7. The molecule has 6 nitrogen and oxygen atoms in total. The number of nitro benzene ring substituents is 1. The predicted octanol–water partition coefficient (Wildman–Crippen LogP) is 3.43. The van der Waals surface area contributed by atoms with Crippen LogP contribution < -0.4 is 0 Å². The maximum absolute atomic E-state index is 13.0. The first-order valence-electron chi connectivity index (χ1n) is 9.31. The van der Waals surface area contributed by atoms with E-state index in [1.165, 1.54) is 18.9 Å². The summed E-state index contributed by atoms with van der Waals surface area (Å²) in [6, 6.07) is 16.4. The standard InChI is InChI=1S/C21H25N3O3/c1-22(21(25)15-18-11-5-6-12-19(18)24(26)27)20(16-23-13-7-8-14-23)17-9-3-2-4-10-17/h2-6,9-12,20H,7-8,13-16H2,1H3/t20-/m1/s1. The van der Waals surface area contributed by atoms with E-state index in [0.717, 1.165) is 25.2 Å². The number of nitrogens with zero attached hydrogens (tertiary/aromatic N) is 3. The number of amides is 1.